The van der Waals surface area contributed by atoms with Crippen LogP contribution in [0.1, 0.15) is 17.7 Å². The molecule has 0 fully saturated rings. The molecule has 0 amide bonds. The van der Waals surface area contributed by atoms with Crippen molar-refractivity contribution in [2.75, 3.05) is 7.11 Å². The van der Waals surface area contributed by atoms with Gasteiger partial charge in [-0.25, -0.2) is 4.79 Å². The summed E-state index contributed by atoms with van der Waals surface area (Å²) in [5.41, 5.74) is 1.82. The lowest BCUT2D eigenvalue weighted by molar-refractivity contribution is -0.134. The molecule has 0 saturated carbocycles. The molecule has 0 spiro atoms. The molecule has 4 rings (SSSR count). The molecule has 31 heavy (non-hydrogen) atoms. The first kappa shape index (κ1) is 20.7. The number of halogens is 1. The molecule has 2 heterocycles. The Hall–Kier alpha value is -3.58. The fraction of sp³-hybridized carbons (Fsp3) is 0.174. The largest absolute Gasteiger partial charge is 0.479 e. The number of carbonyl (C=O) groups is 1. The molecule has 0 radical (unpaired) electrons. The molecule has 7 nitrogen and oxygen atoms in total. The molecule has 0 saturated heterocycles. The van der Waals surface area contributed by atoms with Crippen molar-refractivity contribution in [3.8, 4) is 22.8 Å². The van der Waals surface area contributed by atoms with Gasteiger partial charge in [0.25, 0.3) is 5.88 Å². The van der Waals surface area contributed by atoms with E-state index in [-0.39, 0.29) is 12.2 Å². The molecular weight excluding hydrogens is 422 g/mol. The van der Waals surface area contributed by atoms with Crippen molar-refractivity contribution in [3.63, 3.8) is 0 Å². The first-order chi connectivity index (χ1) is 14.9. The van der Waals surface area contributed by atoms with Crippen molar-refractivity contribution in [3.05, 3.63) is 75.3 Å². The quantitative estimate of drug-likeness (QED) is 0.238. The zero-order valence-corrected chi connectivity index (χ0v) is 17.6. The predicted molar refractivity (Wildman–Crippen MR) is 115 cm³/mol. The lowest BCUT2D eigenvalue weighted by Crippen LogP contribution is -2.09. The minimum absolute atomic E-state index is 0.0921. The van der Waals surface area contributed by atoms with Gasteiger partial charge in [-0.2, -0.15) is 0 Å². The van der Waals surface area contributed by atoms with Crippen LogP contribution in [-0.4, -0.2) is 18.2 Å². The van der Waals surface area contributed by atoms with Gasteiger partial charge in [-0.05, 0) is 47.5 Å². The molecule has 0 atom stereocenters. The van der Waals surface area contributed by atoms with Crippen molar-refractivity contribution >= 4 is 28.5 Å². The predicted octanol–water partition coefficient (Wildman–Crippen LogP) is 4.96. The monoisotopic (exact) mass is 439 g/mol. The zero-order valence-electron chi connectivity index (χ0n) is 16.8. The number of rotatable bonds is 6. The molecule has 2 aromatic heterocycles. The lowest BCUT2D eigenvalue weighted by Gasteiger charge is -2.09. The van der Waals surface area contributed by atoms with Gasteiger partial charge in [0.1, 0.15) is 17.1 Å². The summed E-state index contributed by atoms with van der Waals surface area (Å²) in [5.74, 6) is 0.700. The Morgan fingerprint density at radius 3 is 2.61 bits per heavy atom. The van der Waals surface area contributed by atoms with E-state index < -0.39 is 11.6 Å². The molecule has 0 N–H and O–H groups in total. The fourth-order valence-electron chi connectivity index (χ4n) is 3.27. The molecule has 8 heteroatoms. The van der Waals surface area contributed by atoms with Crippen LogP contribution < -0.4 is 15.1 Å². The summed E-state index contributed by atoms with van der Waals surface area (Å²) in [6, 6.07) is 13.5. The smallest absolute Gasteiger partial charge is 0.344 e. The summed E-state index contributed by atoms with van der Waals surface area (Å²) in [5, 5.41) is 5.01. The van der Waals surface area contributed by atoms with Gasteiger partial charge in [-0.3, -0.25) is 4.79 Å². The molecule has 0 unspecified atom stereocenters. The number of ether oxygens (including phenoxy) is 2. The summed E-state index contributed by atoms with van der Waals surface area (Å²) in [7, 11) is 1.48. The topological polar surface area (TPSA) is 91.8 Å². The maximum atomic E-state index is 12.6. The van der Waals surface area contributed by atoms with E-state index in [4.69, 9.17) is 30.0 Å². The van der Waals surface area contributed by atoms with Crippen molar-refractivity contribution in [2.24, 2.45) is 0 Å². The number of benzene rings is 2. The third-order valence-electron chi connectivity index (χ3n) is 4.83. The summed E-state index contributed by atoms with van der Waals surface area (Å²) in [6.45, 7) is 1.85. The van der Waals surface area contributed by atoms with Gasteiger partial charge >= 0.3 is 11.6 Å². The maximum absolute atomic E-state index is 12.6. The van der Waals surface area contributed by atoms with E-state index in [0.29, 0.717) is 34.2 Å². The van der Waals surface area contributed by atoms with Gasteiger partial charge in [0.05, 0.1) is 19.1 Å². The Morgan fingerprint density at radius 2 is 1.90 bits per heavy atom. The van der Waals surface area contributed by atoms with Gasteiger partial charge in [-0.1, -0.05) is 23.7 Å². The average molecular weight is 440 g/mol. The van der Waals surface area contributed by atoms with E-state index in [2.05, 4.69) is 5.16 Å². The van der Waals surface area contributed by atoms with E-state index in [1.807, 2.05) is 6.92 Å². The van der Waals surface area contributed by atoms with Crippen LogP contribution in [0.4, 0.5) is 0 Å². The van der Waals surface area contributed by atoms with E-state index >= 15 is 0 Å². The molecule has 0 bridgehead atoms. The number of aromatic nitrogens is 1. The van der Waals surface area contributed by atoms with E-state index in [9.17, 15) is 9.59 Å². The van der Waals surface area contributed by atoms with Crippen molar-refractivity contribution < 1.29 is 23.2 Å². The van der Waals surface area contributed by atoms with Crippen molar-refractivity contribution in [1.82, 2.24) is 5.16 Å². The van der Waals surface area contributed by atoms with Gasteiger partial charge in [0, 0.05) is 29.0 Å². The standard InChI is InChI=1S/C23H18ClNO6/c1-13-18-9-7-16(29-21(26)10-8-17-12-20(28-2)25-31-17)11-19(18)30-23(27)22(13)14-3-5-15(24)6-4-14/h3-7,9,11-12H,8,10H2,1-2H3. The van der Waals surface area contributed by atoms with Crippen LogP contribution in [-0.2, 0) is 11.2 Å². The second kappa shape index (κ2) is 8.65. The van der Waals surface area contributed by atoms with Crippen LogP contribution in [0.5, 0.6) is 11.6 Å². The van der Waals surface area contributed by atoms with Crippen LogP contribution >= 0.6 is 11.6 Å². The molecule has 2 aromatic carbocycles. The third-order valence-corrected chi connectivity index (χ3v) is 5.08. The van der Waals surface area contributed by atoms with Crippen LogP contribution in [0.3, 0.4) is 0 Å². The zero-order chi connectivity index (χ0) is 22.0. The molecule has 0 aliphatic rings. The summed E-state index contributed by atoms with van der Waals surface area (Å²) >= 11 is 5.94. The Labute approximate surface area is 182 Å². The van der Waals surface area contributed by atoms with E-state index in [1.54, 1.807) is 42.5 Å². The fourth-order valence-corrected chi connectivity index (χ4v) is 3.39. The van der Waals surface area contributed by atoms with Gasteiger partial charge < -0.3 is 18.4 Å². The summed E-state index contributed by atoms with van der Waals surface area (Å²) in [6.07, 6.45) is 0.413. The first-order valence-corrected chi connectivity index (χ1v) is 9.86. The number of esters is 1. The van der Waals surface area contributed by atoms with Crippen LogP contribution in [0.25, 0.3) is 22.1 Å². The third kappa shape index (κ3) is 4.46. The van der Waals surface area contributed by atoms with E-state index in [1.165, 1.54) is 13.2 Å². The van der Waals surface area contributed by atoms with Gasteiger partial charge in [-0.15, -0.1) is 0 Å². The maximum Gasteiger partial charge on any atom is 0.344 e. The van der Waals surface area contributed by atoms with Crippen LogP contribution in [0, 0.1) is 6.92 Å². The number of carbonyl (C=O) groups excluding carboxylic acids is 1. The lowest BCUT2D eigenvalue weighted by atomic mass is 10.00. The number of nitrogens with zero attached hydrogens (tertiary/aromatic N) is 1. The highest BCUT2D eigenvalue weighted by Gasteiger charge is 2.15. The highest BCUT2D eigenvalue weighted by atomic mass is 35.5. The Balaban J connectivity index is 1.54. The SMILES string of the molecule is COc1cc(CCC(=O)Oc2ccc3c(C)c(-c4ccc(Cl)cc4)c(=O)oc3c2)on1. The Morgan fingerprint density at radius 1 is 1.13 bits per heavy atom. The average Bonchev–Trinajstić information content (AvgIpc) is 3.21. The normalized spacial score (nSPS) is 10.9. The minimum Gasteiger partial charge on any atom is -0.479 e. The van der Waals surface area contributed by atoms with E-state index in [0.717, 1.165) is 16.5 Å². The van der Waals surface area contributed by atoms with Crippen molar-refractivity contribution in [1.29, 1.82) is 0 Å². The van der Waals surface area contributed by atoms with Crippen LogP contribution in [0.15, 0.2) is 62.3 Å². The Bertz CT molecular complexity index is 1310. The number of methoxy groups -OCH3 is 1. The van der Waals surface area contributed by atoms with Gasteiger partial charge in [0.2, 0.25) is 0 Å². The summed E-state index contributed by atoms with van der Waals surface area (Å²) < 4.78 is 20.9. The summed E-state index contributed by atoms with van der Waals surface area (Å²) in [4.78, 5) is 24.8. The minimum atomic E-state index is -0.477. The molecule has 0 aliphatic carbocycles. The molecular formula is C23H18ClNO6. The molecule has 158 valence electrons. The first-order valence-electron chi connectivity index (χ1n) is 9.48. The second-order valence-corrected chi connectivity index (χ2v) is 7.30. The Kier molecular flexibility index (Phi) is 5.77. The van der Waals surface area contributed by atoms with Crippen molar-refractivity contribution in [2.45, 2.75) is 19.8 Å². The highest BCUT2D eigenvalue weighted by molar-refractivity contribution is 6.30. The molecule has 4 aromatic rings. The number of hydrogen-bond donors (Lipinski definition) is 0. The highest BCUT2D eigenvalue weighted by Crippen LogP contribution is 2.29. The number of hydrogen-bond acceptors (Lipinski definition) is 7. The molecule has 0 aliphatic heterocycles. The van der Waals surface area contributed by atoms with Gasteiger partial charge in [0.15, 0.2) is 0 Å². The number of aryl methyl sites for hydroxylation is 2. The number of fused-ring (bicyclic) bond motifs is 1. The second-order valence-electron chi connectivity index (χ2n) is 6.86. The van der Waals surface area contributed by atoms with Crippen LogP contribution in [0.2, 0.25) is 5.02 Å².